The summed E-state index contributed by atoms with van der Waals surface area (Å²) in [5.41, 5.74) is 10.8. The first-order valence-corrected chi connectivity index (χ1v) is 7.27. The highest BCUT2D eigenvalue weighted by Gasteiger charge is 2.37. The van der Waals surface area contributed by atoms with Crippen molar-refractivity contribution in [1.82, 2.24) is 4.90 Å². The van der Waals surface area contributed by atoms with Crippen molar-refractivity contribution in [2.75, 3.05) is 6.54 Å². The van der Waals surface area contributed by atoms with Crippen molar-refractivity contribution in [3.63, 3.8) is 0 Å². The number of carbonyl (C=O) groups excluding carboxylic acids is 2. The van der Waals surface area contributed by atoms with E-state index in [0.29, 0.717) is 31.8 Å². The van der Waals surface area contributed by atoms with Crippen LogP contribution in [0.5, 0.6) is 0 Å². The van der Waals surface area contributed by atoms with E-state index in [-0.39, 0.29) is 23.3 Å². The van der Waals surface area contributed by atoms with E-state index in [9.17, 15) is 9.59 Å². The molecule has 0 aromatic carbocycles. The van der Waals surface area contributed by atoms with Gasteiger partial charge in [0.25, 0.3) is 0 Å². The Labute approximate surface area is 120 Å². The van der Waals surface area contributed by atoms with Crippen LogP contribution < -0.4 is 11.5 Å². The predicted octanol–water partition coefficient (Wildman–Crippen LogP) is 0.994. The minimum absolute atomic E-state index is 0.0205. The molecule has 1 unspecified atom stereocenters. The Bertz CT molecular complexity index is 402. The van der Waals surface area contributed by atoms with Crippen LogP contribution in [-0.2, 0) is 9.59 Å². The molecule has 0 radical (unpaired) electrons. The van der Waals surface area contributed by atoms with Crippen LogP contribution in [0.1, 0.15) is 52.9 Å². The van der Waals surface area contributed by atoms with Crippen molar-refractivity contribution in [2.45, 2.75) is 58.4 Å². The van der Waals surface area contributed by atoms with E-state index in [1.807, 2.05) is 20.8 Å². The monoisotopic (exact) mass is 282 g/mol. The highest BCUT2D eigenvalue weighted by atomic mass is 16.2. The molecule has 0 aromatic rings. The lowest BCUT2D eigenvalue weighted by Crippen LogP contribution is -2.52. The van der Waals surface area contributed by atoms with Crippen molar-refractivity contribution < 1.29 is 9.59 Å². The molecule has 6 nitrogen and oxygen atoms in total. The first-order valence-electron chi connectivity index (χ1n) is 7.27. The fraction of sp³-hybridized carbons (Fsp3) is 0.786. The Morgan fingerprint density at radius 2 is 2.05 bits per heavy atom. The Morgan fingerprint density at radius 3 is 2.50 bits per heavy atom. The number of rotatable bonds is 7. The number of guanidine groups is 1. The van der Waals surface area contributed by atoms with E-state index in [1.54, 1.807) is 0 Å². The van der Waals surface area contributed by atoms with E-state index >= 15 is 0 Å². The van der Waals surface area contributed by atoms with Crippen LogP contribution >= 0.6 is 0 Å². The molecule has 20 heavy (non-hydrogen) atoms. The fourth-order valence-electron chi connectivity index (χ4n) is 2.49. The summed E-state index contributed by atoms with van der Waals surface area (Å²) in [4.78, 5) is 29.1. The molecule has 1 atom stereocenters. The summed E-state index contributed by atoms with van der Waals surface area (Å²) in [6, 6.07) is 0. The van der Waals surface area contributed by atoms with Crippen molar-refractivity contribution >= 4 is 17.8 Å². The first-order chi connectivity index (χ1) is 9.33. The third-order valence-electron chi connectivity index (χ3n) is 4.10. The van der Waals surface area contributed by atoms with Gasteiger partial charge in [-0.05, 0) is 25.2 Å². The zero-order chi connectivity index (χ0) is 15.3. The average Bonchev–Trinajstić information content (AvgIpc) is 2.40. The van der Waals surface area contributed by atoms with E-state index in [1.165, 1.54) is 4.90 Å². The Balaban J connectivity index is 2.72. The third-order valence-corrected chi connectivity index (χ3v) is 4.10. The second-order valence-electron chi connectivity index (χ2n) is 5.69. The van der Waals surface area contributed by atoms with Gasteiger partial charge < -0.3 is 11.5 Å². The average molecular weight is 282 g/mol. The molecule has 0 saturated heterocycles. The molecule has 0 aliphatic carbocycles. The summed E-state index contributed by atoms with van der Waals surface area (Å²) in [5, 5.41) is 0. The molecule has 4 N–H and O–H groups in total. The van der Waals surface area contributed by atoms with Gasteiger partial charge in [-0.1, -0.05) is 20.8 Å². The predicted molar refractivity (Wildman–Crippen MR) is 78.9 cm³/mol. The Morgan fingerprint density at radius 1 is 1.45 bits per heavy atom. The van der Waals surface area contributed by atoms with Crippen LogP contribution in [0.3, 0.4) is 0 Å². The van der Waals surface area contributed by atoms with Crippen molar-refractivity contribution in [3.8, 4) is 0 Å². The molecule has 6 heteroatoms. The molecular weight excluding hydrogens is 256 g/mol. The molecule has 1 heterocycles. The number of aliphatic imine (C=N–C) groups is 1. The first kappa shape index (κ1) is 16.5. The molecule has 114 valence electrons. The topological polar surface area (TPSA) is 102 Å². The van der Waals surface area contributed by atoms with Crippen LogP contribution in [0, 0.1) is 5.92 Å². The second kappa shape index (κ2) is 6.72. The van der Waals surface area contributed by atoms with Crippen LogP contribution in [0.4, 0.5) is 0 Å². The maximum atomic E-state index is 12.3. The van der Waals surface area contributed by atoms with Crippen molar-refractivity contribution in [2.24, 2.45) is 22.4 Å². The summed E-state index contributed by atoms with van der Waals surface area (Å²) in [6.45, 7) is 6.52. The molecule has 0 fully saturated rings. The van der Waals surface area contributed by atoms with E-state index < -0.39 is 0 Å². The van der Waals surface area contributed by atoms with Gasteiger partial charge >= 0.3 is 0 Å². The van der Waals surface area contributed by atoms with E-state index in [4.69, 9.17) is 11.5 Å². The summed E-state index contributed by atoms with van der Waals surface area (Å²) in [6.07, 6.45) is 3.00. The van der Waals surface area contributed by atoms with Gasteiger partial charge in [-0.25, -0.2) is 4.99 Å². The lowest BCUT2D eigenvalue weighted by atomic mass is 9.88. The number of carbonyl (C=O) groups is 2. The largest absolute Gasteiger partial charge is 0.370 e. The van der Waals surface area contributed by atoms with Gasteiger partial charge in [0.1, 0.15) is 0 Å². The Kier molecular flexibility index (Phi) is 5.53. The summed E-state index contributed by atoms with van der Waals surface area (Å²) in [7, 11) is 0. The quantitative estimate of drug-likeness (QED) is 0.728. The van der Waals surface area contributed by atoms with Crippen molar-refractivity contribution in [1.29, 1.82) is 0 Å². The van der Waals surface area contributed by atoms with Gasteiger partial charge in [0.15, 0.2) is 5.96 Å². The van der Waals surface area contributed by atoms with Crippen LogP contribution in [0.25, 0.3) is 0 Å². The molecule has 2 amide bonds. The molecule has 0 aromatic heterocycles. The second-order valence-corrected chi connectivity index (χ2v) is 5.69. The molecular formula is C14H26N4O2. The zero-order valence-electron chi connectivity index (χ0n) is 12.7. The standard InChI is InChI=1S/C14H26N4O2/c1-4-14(5-2)8-12(20)18(13(16)17-14)9-10(3)6-7-11(15)19/h10H,4-9H2,1-3H3,(H2,15,19)(H2,16,17). The van der Waals surface area contributed by atoms with Gasteiger partial charge in [0.05, 0.1) is 12.0 Å². The number of nitrogens with zero attached hydrogens (tertiary/aromatic N) is 2. The molecule has 1 aliphatic rings. The number of hydrogen-bond donors (Lipinski definition) is 2. The molecule has 0 bridgehead atoms. The smallest absolute Gasteiger partial charge is 0.231 e. The highest BCUT2D eigenvalue weighted by Crippen LogP contribution is 2.29. The Hall–Kier alpha value is -1.59. The number of primary amides is 1. The molecule has 0 spiro atoms. The minimum atomic E-state index is -0.339. The summed E-state index contributed by atoms with van der Waals surface area (Å²) >= 11 is 0. The SMILES string of the molecule is CCC1(CC)CC(=O)N(CC(C)CCC(N)=O)C(N)=N1. The van der Waals surface area contributed by atoms with E-state index in [0.717, 1.165) is 12.8 Å². The maximum absolute atomic E-state index is 12.3. The van der Waals surface area contributed by atoms with Gasteiger partial charge in [-0.15, -0.1) is 0 Å². The fourth-order valence-corrected chi connectivity index (χ4v) is 2.49. The highest BCUT2D eigenvalue weighted by molar-refractivity contribution is 5.99. The molecule has 0 saturated carbocycles. The van der Waals surface area contributed by atoms with Crippen LogP contribution in [-0.4, -0.2) is 34.8 Å². The van der Waals surface area contributed by atoms with E-state index in [2.05, 4.69) is 4.99 Å². The number of amides is 2. The summed E-state index contributed by atoms with van der Waals surface area (Å²) in [5.74, 6) is 0.165. The lowest BCUT2D eigenvalue weighted by Gasteiger charge is -2.37. The van der Waals surface area contributed by atoms with Crippen LogP contribution in [0.15, 0.2) is 4.99 Å². The normalized spacial score (nSPS) is 19.6. The minimum Gasteiger partial charge on any atom is -0.370 e. The van der Waals surface area contributed by atoms with Gasteiger partial charge in [0.2, 0.25) is 11.8 Å². The third kappa shape index (κ3) is 3.95. The number of hydrogen-bond acceptors (Lipinski definition) is 4. The van der Waals surface area contributed by atoms with Crippen molar-refractivity contribution in [3.05, 3.63) is 0 Å². The maximum Gasteiger partial charge on any atom is 0.231 e. The number of nitrogens with two attached hydrogens (primary N) is 2. The molecule has 1 aliphatic heterocycles. The molecule has 1 rings (SSSR count). The van der Waals surface area contributed by atoms with Gasteiger partial charge in [-0.2, -0.15) is 0 Å². The van der Waals surface area contributed by atoms with Gasteiger partial charge in [-0.3, -0.25) is 14.5 Å². The summed E-state index contributed by atoms with van der Waals surface area (Å²) < 4.78 is 0. The van der Waals surface area contributed by atoms with Gasteiger partial charge in [0, 0.05) is 13.0 Å². The lowest BCUT2D eigenvalue weighted by molar-refractivity contribution is -0.130. The van der Waals surface area contributed by atoms with Crippen LogP contribution in [0.2, 0.25) is 0 Å². The zero-order valence-corrected chi connectivity index (χ0v) is 12.7.